The van der Waals surface area contributed by atoms with Gasteiger partial charge in [-0.15, -0.1) is 11.3 Å². The van der Waals surface area contributed by atoms with Crippen molar-refractivity contribution in [2.24, 2.45) is 0 Å². The second-order valence-electron chi connectivity index (χ2n) is 5.81. The number of aliphatic hydroxyl groups is 2. The summed E-state index contributed by atoms with van der Waals surface area (Å²) < 4.78 is 14.8. The average Bonchev–Trinajstić information content (AvgIpc) is 2.96. The van der Waals surface area contributed by atoms with E-state index in [1.807, 2.05) is 13.8 Å². The summed E-state index contributed by atoms with van der Waals surface area (Å²) in [5.41, 5.74) is 1.42. The van der Waals surface area contributed by atoms with Crippen LogP contribution in [0.4, 0.5) is 4.39 Å². The average molecular weight is 394 g/mol. The van der Waals surface area contributed by atoms with E-state index in [1.54, 1.807) is 16.7 Å². The van der Waals surface area contributed by atoms with Gasteiger partial charge in [0, 0.05) is 22.7 Å². The Hall–Kier alpha value is -1.74. The van der Waals surface area contributed by atoms with E-state index in [2.05, 4.69) is 4.98 Å². The number of halogens is 1. The molecule has 3 aromatic rings. The number of rotatable bonds is 6. The van der Waals surface area contributed by atoms with Gasteiger partial charge in [0.15, 0.2) is 5.16 Å². The summed E-state index contributed by atoms with van der Waals surface area (Å²) in [6.07, 6.45) is -0.863. The summed E-state index contributed by atoms with van der Waals surface area (Å²) in [6.45, 7) is 3.89. The molecule has 0 radical (unpaired) electrons. The van der Waals surface area contributed by atoms with Crippen LogP contribution in [0.2, 0.25) is 0 Å². The fourth-order valence-corrected chi connectivity index (χ4v) is 4.82. The minimum Gasteiger partial charge on any atom is -0.394 e. The van der Waals surface area contributed by atoms with Gasteiger partial charge in [0.2, 0.25) is 0 Å². The van der Waals surface area contributed by atoms with E-state index in [0.717, 1.165) is 16.0 Å². The Bertz CT molecular complexity index is 983. The molecule has 0 aliphatic carbocycles. The van der Waals surface area contributed by atoms with E-state index in [-0.39, 0.29) is 23.7 Å². The molecular weight excluding hydrogens is 375 g/mol. The van der Waals surface area contributed by atoms with Gasteiger partial charge in [-0.05, 0) is 31.5 Å². The van der Waals surface area contributed by atoms with Crippen molar-refractivity contribution in [2.45, 2.75) is 31.7 Å². The quantitative estimate of drug-likeness (QED) is 0.497. The van der Waals surface area contributed by atoms with Crippen LogP contribution < -0.4 is 5.56 Å². The van der Waals surface area contributed by atoms with Crippen LogP contribution in [-0.2, 0) is 6.54 Å². The molecule has 0 fully saturated rings. The number of hydrogen-bond acceptors (Lipinski definition) is 6. The number of thioether (sulfide) groups is 1. The zero-order chi connectivity index (χ0) is 18.8. The first-order chi connectivity index (χ1) is 12.5. The monoisotopic (exact) mass is 394 g/mol. The maximum absolute atomic E-state index is 13.3. The smallest absolute Gasteiger partial charge is 0.263 e. The lowest BCUT2D eigenvalue weighted by atomic mass is 10.0. The van der Waals surface area contributed by atoms with E-state index in [4.69, 9.17) is 5.11 Å². The minimum atomic E-state index is -0.863. The molecule has 138 valence electrons. The first-order valence-corrected chi connectivity index (χ1v) is 9.98. The van der Waals surface area contributed by atoms with E-state index < -0.39 is 6.10 Å². The highest BCUT2D eigenvalue weighted by Gasteiger charge is 2.20. The van der Waals surface area contributed by atoms with Crippen LogP contribution in [0.1, 0.15) is 11.8 Å². The summed E-state index contributed by atoms with van der Waals surface area (Å²) >= 11 is 2.67. The second-order valence-corrected chi connectivity index (χ2v) is 8.00. The molecule has 0 saturated heterocycles. The molecule has 1 unspecified atom stereocenters. The number of aromatic nitrogens is 2. The Labute approximate surface area is 158 Å². The predicted octanol–water partition coefficient (Wildman–Crippen LogP) is 3.04. The van der Waals surface area contributed by atoms with Crippen molar-refractivity contribution in [3.63, 3.8) is 0 Å². The number of aliphatic hydroxyl groups excluding tert-OH is 2. The molecule has 2 N–H and O–H groups in total. The highest BCUT2D eigenvalue weighted by molar-refractivity contribution is 7.99. The van der Waals surface area contributed by atoms with Crippen LogP contribution in [0.15, 0.2) is 34.2 Å². The summed E-state index contributed by atoms with van der Waals surface area (Å²) in [5.74, 6) is -0.0694. The highest BCUT2D eigenvalue weighted by Crippen LogP contribution is 2.36. The molecule has 5 nitrogen and oxygen atoms in total. The van der Waals surface area contributed by atoms with Crippen molar-refractivity contribution >= 4 is 33.3 Å². The summed E-state index contributed by atoms with van der Waals surface area (Å²) in [5, 5.41) is 19.6. The van der Waals surface area contributed by atoms with Gasteiger partial charge in [0.25, 0.3) is 5.56 Å². The van der Waals surface area contributed by atoms with E-state index in [0.29, 0.717) is 21.9 Å². The van der Waals surface area contributed by atoms with Crippen LogP contribution in [0.25, 0.3) is 21.3 Å². The molecule has 0 bridgehead atoms. The molecule has 0 saturated carbocycles. The fraction of sp³-hybridized carbons (Fsp3) is 0.333. The standard InChI is InChI=1S/C18H19FN2O3S2/c1-3-21-17(24)15-14(11-4-6-12(19)7-5-11)10(2)26-16(15)20-18(21)25-9-13(23)8-22/h4-7,13,22-23H,3,8-9H2,1-2H3. The van der Waals surface area contributed by atoms with Crippen LogP contribution in [0.3, 0.4) is 0 Å². The predicted molar refractivity (Wildman–Crippen MR) is 104 cm³/mol. The lowest BCUT2D eigenvalue weighted by Crippen LogP contribution is -2.23. The third kappa shape index (κ3) is 3.55. The number of aryl methyl sites for hydroxylation is 1. The van der Waals surface area contributed by atoms with E-state index in [9.17, 15) is 14.3 Å². The van der Waals surface area contributed by atoms with Gasteiger partial charge in [0.1, 0.15) is 10.6 Å². The first kappa shape index (κ1) is 19.0. The number of benzene rings is 1. The van der Waals surface area contributed by atoms with Gasteiger partial charge < -0.3 is 10.2 Å². The van der Waals surface area contributed by atoms with Gasteiger partial charge >= 0.3 is 0 Å². The van der Waals surface area contributed by atoms with Crippen molar-refractivity contribution in [1.29, 1.82) is 0 Å². The van der Waals surface area contributed by atoms with Gasteiger partial charge in [0.05, 0.1) is 18.1 Å². The maximum atomic E-state index is 13.3. The van der Waals surface area contributed by atoms with E-state index >= 15 is 0 Å². The molecule has 26 heavy (non-hydrogen) atoms. The molecule has 0 aliphatic rings. The third-order valence-electron chi connectivity index (χ3n) is 4.02. The Morgan fingerprint density at radius 3 is 2.65 bits per heavy atom. The molecule has 2 aromatic heterocycles. The summed E-state index contributed by atoms with van der Waals surface area (Å²) in [6, 6.07) is 6.09. The summed E-state index contributed by atoms with van der Waals surface area (Å²) in [7, 11) is 0. The molecule has 2 heterocycles. The van der Waals surface area contributed by atoms with Crippen LogP contribution >= 0.6 is 23.1 Å². The van der Waals surface area contributed by atoms with Crippen LogP contribution in [0.5, 0.6) is 0 Å². The van der Waals surface area contributed by atoms with Gasteiger partial charge in [-0.1, -0.05) is 23.9 Å². The molecule has 1 aromatic carbocycles. The zero-order valence-corrected chi connectivity index (χ0v) is 16.0. The Balaban J connectivity index is 2.17. The SMILES string of the molecule is CCn1c(SCC(O)CO)nc2sc(C)c(-c3ccc(F)cc3)c2c1=O. The largest absolute Gasteiger partial charge is 0.394 e. The third-order valence-corrected chi connectivity index (χ3v) is 6.14. The van der Waals surface area contributed by atoms with Crippen molar-refractivity contribution in [2.75, 3.05) is 12.4 Å². The molecule has 1 atom stereocenters. The molecule has 8 heteroatoms. The minimum absolute atomic E-state index is 0.151. The van der Waals surface area contributed by atoms with E-state index in [1.165, 1.54) is 35.2 Å². The van der Waals surface area contributed by atoms with Gasteiger partial charge in [-0.3, -0.25) is 9.36 Å². The number of thiophene rings is 1. The van der Waals surface area contributed by atoms with Crippen molar-refractivity contribution in [3.8, 4) is 11.1 Å². The number of hydrogen-bond donors (Lipinski definition) is 2. The molecule has 3 rings (SSSR count). The highest BCUT2D eigenvalue weighted by atomic mass is 32.2. The lowest BCUT2D eigenvalue weighted by Gasteiger charge is -2.12. The Morgan fingerprint density at radius 2 is 2.04 bits per heavy atom. The van der Waals surface area contributed by atoms with Crippen molar-refractivity contribution in [1.82, 2.24) is 9.55 Å². The second kappa shape index (κ2) is 7.87. The van der Waals surface area contributed by atoms with Crippen LogP contribution in [-0.4, -0.2) is 38.2 Å². The summed E-state index contributed by atoms with van der Waals surface area (Å²) in [4.78, 5) is 19.3. The van der Waals surface area contributed by atoms with Crippen molar-refractivity contribution in [3.05, 3.63) is 45.3 Å². The fourth-order valence-electron chi connectivity index (χ4n) is 2.75. The maximum Gasteiger partial charge on any atom is 0.263 e. The zero-order valence-electron chi connectivity index (χ0n) is 14.4. The molecular formula is C18H19FN2O3S2. The Morgan fingerprint density at radius 1 is 1.35 bits per heavy atom. The topological polar surface area (TPSA) is 75.3 Å². The number of nitrogens with zero attached hydrogens (tertiary/aromatic N) is 2. The van der Waals surface area contributed by atoms with Crippen molar-refractivity contribution < 1.29 is 14.6 Å². The van der Waals surface area contributed by atoms with Gasteiger partial charge in [-0.2, -0.15) is 0 Å². The molecule has 0 amide bonds. The van der Waals surface area contributed by atoms with Crippen LogP contribution in [0, 0.1) is 12.7 Å². The molecule has 0 aliphatic heterocycles. The number of fused-ring (bicyclic) bond motifs is 1. The first-order valence-electron chi connectivity index (χ1n) is 8.17. The van der Waals surface area contributed by atoms with Gasteiger partial charge in [-0.25, -0.2) is 9.37 Å². The lowest BCUT2D eigenvalue weighted by molar-refractivity contribution is 0.113. The Kier molecular flexibility index (Phi) is 5.76. The molecule has 0 spiro atoms. The normalized spacial score (nSPS) is 12.7.